The van der Waals surface area contributed by atoms with Crippen LogP contribution in [0.3, 0.4) is 0 Å². The summed E-state index contributed by atoms with van der Waals surface area (Å²) in [7, 11) is -3.98. The number of nitrogens with zero attached hydrogens (tertiary/aromatic N) is 1. The van der Waals surface area contributed by atoms with Crippen molar-refractivity contribution in [1.29, 1.82) is 0 Å². The normalized spacial score (nSPS) is 11.5. The summed E-state index contributed by atoms with van der Waals surface area (Å²) in [6.45, 7) is 0. The molecule has 0 unspecified atom stereocenters. The molecule has 0 amide bonds. The minimum Gasteiger partial charge on any atom is -0.492 e. The van der Waals surface area contributed by atoms with E-state index in [2.05, 4.69) is 9.71 Å². The summed E-state index contributed by atoms with van der Waals surface area (Å²) in [6.07, 6.45) is 1.18. The minimum atomic E-state index is -3.98. The fourth-order valence-electron chi connectivity index (χ4n) is 1.22. The largest absolute Gasteiger partial charge is 0.492 e. The van der Waals surface area contributed by atoms with Gasteiger partial charge in [-0.1, -0.05) is 34.8 Å². The molecule has 0 radical (unpaired) electrons. The first-order valence-corrected chi connectivity index (χ1v) is 8.05. The van der Waals surface area contributed by atoms with Gasteiger partial charge < -0.3 is 5.11 Å². The zero-order valence-electron chi connectivity index (χ0n) is 8.89. The SMILES string of the molecule is O=S(=O)(Nc1cc(Cl)cnc1O)c1cc(Cl)sc1Cl. The Bertz CT molecular complexity index is 730. The van der Waals surface area contributed by atoms with Gasteiger partial charge in [-0.15, -0.1) is 11.3 Å². The first-order chi connectivity index (χ1) is 8.79. The number of nitrogens with one attached hydrogen (secondary N) is 1. The molecule has 0 saturated carbocycles. The number of aromatic hydroxyl groups is 1. The van der Waals surface area contributed by atoms with Gasteiger partial charge in [0.15, 0.2) is 0 Å². The Morgan fingerprint density at radius 2 is 1.95 bits per heavy atom. The molecular formula is C9H5Cl3N2O3S2. The molecule has 0 atom stereocenters. The third-order valence-electron chi connectivity index (χ3n) is 1.99. The van der Waals surface area contributed by atoms with Crippen molar-refractivity contribution in [2.24, 2.45) is 0 Å². The molecule has 10 heteroatoms. The van der Waals surface area contributed by atoms with E-state index in [0.29, 0.717) is 0 Å². The number of halogens is 3. The Morgan fingerprint density at radius 1 is 1.26 bits per heavy atom. The van der Waals surface area contributed by atoms with E-state index in [1.165, 1.54) is 18.3 Å². The summed E-state index contributed by atoms with van der Waals surface area (Å²) in [4.78, 5) is 3.35. The maximum Gasteiger partial charge on any atom is 0.264 e. The van der Waals surface area contributed by atoms with Crippen LogP contribution in [0.1, 0.15) is 0 Å². The summed E-state index contributed by atoms with van der Waals surface area (Å²) in [5.74, 6) is -0.495. The Kier molecular flexibility index (Phi) is 4.12. The number of anilines is 1. The van der Waals surface area contributed by atoms with Crippen LogP contribution in [-0.2, 0) is 10.0 Å². The van der Waals surface area contributed by atoms with Crippen LogP contribution in [0.15, 0.2) is 23.2 Å². The Hall–Kier alpha value is -0.730. The van der Waals surface area contributed by atoms with Gasteiger partial charge in [-0.05, 0) is 12.1 Å². The first kappa shape index (κ1) is 14.7. The van der Waals surface area contributed by atoms with Crippen molar-refractivity contribution in [1.82, 2.24) is 4.98 Å². The van der Waals surface area contributed by atoms with Gasteiger partial charge in [-0.2, -0.15) is 0 Å². The molecule has 0 saturated heterocycles. The molecule has 0 spiro atoms. The lowest BCUT2D eigenvalue weighted by Gasteiger charge is -2.08. The molecule has 2 aromatic rings. The Balaban J connectivity index is 2.42. The third kappa shape index (κ3) is 3.24. The average Bonchev–Trinajstić information content (AvgIpc) is 2.63. The van der Waals surface area contributed by atoms with Gasteiger partial charge in [0.25, 0.3) is 10.0 Å². The van der Waals surface area contributed by atoms with Crippen molar-refractivity contribution < 1.29 is 13.5 Å². The monoisotopic (exact) mass is 358 g/mol. The highest BCUT2D eigenvalue weighted by atomic mass is 35.5. The molecule has 0 fully saturated rings. The van der Waals surface area contributed by atoms with Crippen molar-refractivity contribution in [2.75, 3.05) is 4.72 Å². The lowest BCUT2D eigenvalue weighted by Crippen LogP contribution is -2.12. The molecule has 0 bridgehead atoms. The molecule has 0 aliphatic heterocycles. The number of aromatic nitrogens is 1. The van der Waals surface area contributed by atoms with Gasteiger partial charge in [0.2, 0.25) is 5.88 Å². The number of hydrogen-bond acceptors (Lipinski definition) is 5. The van der Waals surface area contributed by atoms with Crippen LogP contribution < -0.4 is 4.72 Å². The number of thiophene rings is 1. The highest BCUT2D eigenvalue weighted by Crippen LogP contribution is 2.36. The van der Waals surface area contributed by atoms with E-state index >= 15 is 0 Å². The van der Waals surface area contributed by atoms with E-state index in [9.17, 15) is 13.5 Å². The van der Waals surface area contributed by atoms with Gasteiger partial charge >= 0.3 is 0 Å². The van der Waals surface area contributed by atoms with Crippen molar-refractivity contribution in [3.8, 4) is 5.88 Å². The van der Waals surface area contributed by atoms with E-state index in [0.717, 1.165) is 11.3 Å². The smallest absolute Gasteiger partial charge is 0.264 e. The molecule has 0 aromatic carbocycles. The summed E-state index contributed by atoms with van der Waals surface area (Å²) >= 11 is 18.1. The van der Waals surface area contributed by atoms with Gasteiger partial charge in [-0.25, -0.2) is 13.4 Å². The molecule has 102 valence electrons. The van der Waals surface area contributed by atoms with E-state index in [1.54, 1.807) is 0 Å². The molecule has 0 aliphatic rings. The lowest BCUT2D eigenvalue weighted by atomic mass is 10.4. The number of rotatable bonds is 3. The van der Waals surface area contributed by atoms with Crippen LogP contribution in [0.25, 0.3) is 0 Å². The second-order valence-electron chi connectivity index (χ2n) is 3.32. The second-order valence-corrected chi connectivity index (χ2v) is 7.69. The third-order valence-corrected chi connectivity index (χ3v) is 5.32. The van der Waals surface area contributed by atoms with E-state index in [4.69, 9.17) is 34.8 Å². The van der Waals surface area contributed by atoms with E-state index < -0.39 is 15.9 Å². The molecule has 19 heavy (non-hydrogen) atoms. The van der Waals surface area contributed by atoms with Gasteiger partial charge in [0, 0.05) is 6.20 Å². The fourth-order valence-corrected chi connectivity index (χ4v) is 4.58. The summed E-state index contributed by atoms with van der Waals surface area (Å²) in [5, 5.41) is 9.64. The summed E-state index contributed by atoms with van der Waals surface area (Å²) < 4.78 is 26.5. The Morgan fingerprint density at radius 3 is 2.53 bits per heavy atom. The minimum absolute atomic E-state index is 0.0203. The van der Waals surface area contributed by atoms with E-state index in [-0.39, 0.29) is 24.3 Å². The molecule has 2 heterocycles. The van der Waals surface area contributed by atoms with Gasteiger partial charge in [-0.3, -0.25) is 4.72 Å². The van der Waals surface area contributed by atoms with Crippen molar-refractivity contribution >= 4 is 61.9 Å². The quantitative estimate of drug-likeness (QED) is 0.877. The second kappa shape index (κ2) is 5.34. The number of pyridine rings is 1. The van der Waals surface area contributed by atoms with Crippen molar-refractivity contribution in [3.05, 3.63) is 32.0 Å². The Labute approximate surface area is 127 Å². The molecule has 2 rings (SSSR count). The van der Waals surface area contributed by atoms with Crippen molar-refractivity contribution in [3.63, 3.8) is 0 Å². The number of sulfonamides is 1. The van der Waals surface area contributed by atoms with Crippen LogP contribution in [0.5, 0.6) is 5.88 Å². The predicted molar refractivity (Wildman–Crippen MR) is 76.1 cm³/mol. The van der Waals surface area contributed by atoms with Gasteiger partial charge in [0.1, 0.15) is 14.9 Å². The fraction of sp³-hybridized carbons (Fsp3) is 0. The molecule has 5 nitrogen and oxygen atoms in total. The highest BCUT2D eigenvalue weighted by Gasteiger charge is 2.22. The molecule has 2 aromatic heterocycles. The van der Waals surface area contributed by atoms with Crippen molar-refractivity contribution in [2.45, 2.75) is 4.90 Å². The lowest BCUT2D eigenvalue weighted by molar-refractivity contribution is 0.456. The van der Waals surface area contributed by atoms with Crippen LogP contribution in [0, 0.1) is 0 Å². The van der Waals surface area contributed by atoms with Crippen LogP contribution in [0.2, 0.25) is 13.7 Å². The average molecular weight is 360 g/mol. The zero-order chi connectivity index (χ0) is 14.2. The maximum atomic E-state index is 12.1. The zero-order valence-corrected chi connectivity index (χ0v) is 12.8. The molecule has 0 aliphatic carbocycles. The maximum absolute atomic E-state index is 12.1. The van der Waals surface area contributed by atoms with Crippen LogP contribution in [-0.4, -0.2) is 18.5 Å². The number of hydrogen-bond donors (Lipinski definition) is 2. The highest BCUT2D eigenvalue weighted by molar-refractivity contribution is 7.93. The topological polar surface area (TPSA) is 79.3 Å². The summed E-state index contributed by atoms with van der Waals surface area (Å²) in [6, 6.07) is 2.44. The summed E-state index contributed by atoms with van der Waals surface area (Å²) in [5.41, 5.74) is -0.147. The first-order valence-electron chi connectivity index (χ1n) is 4.62. The van der Waals surface area contributed by atoms with Gasteiger partial charge in [0.05, 0.1) is 9.36 Å². The standard InChI is InChI=1S/C9H5Cl3N2O3S2/c10-4-1-5(9(15)13-3-4)14-19(16,17)6-2-7(11)18-8(6)12/h1-3,14H,(H,13,15). The van der Waals surface area contributed by atoms with Crippen LogP contribution in [0.4, 0.5) is 5.69 Å². The molecular weight excluding hydrogens is 355 g/mol. The molecule has 2 N–H and O–H groups in total. The predicted octanol–water partition coefficient (Wildman–Crippen LogP) is 3.61. The van der Waals surface area contributed by atoms with Crippen LogP contribution >= 0.6 is 46.1 Å². The van der Waals surface area contributed by atoms with E-state index in [1.807, 2.05) is 0 Å².